The van der Waals surface area contributed by atoms with Crippen LogP contribution in [0.15, 0.2) is 30.3 Å². The summed E-state index contributed by atoms with van der Waals surface area (Å²) in [7, 11) is 1.45. The fourth-order valence-corrected chi connectivity index (χ4v) is 3.03. The predicted molar refractivity (Wildman–Crippen MR) is 111 cm³/mol. The van der Waals surface area contributed by atoms with Gasteiger partial charge in [0.1, 0.15) is 11.3 Å². The Morgan fingerprint density at radius 2 is 1.76 bits per heavy atom. The van der Waals surface area contributed by atoms with Crippen molar-refractivity contribution in [3.05, 3.63) is 63.1 Å². The first-order valence-corrected chi connectivity index (χ1v) is 9.36. The molecule has 0 aliphatic rings. The zero-order chi connectivity index (χ0) is 21.3. The van der Waals surface area contributed by atoms with Crippen molar-refractivity contribution >= 4 is 51.7 Å². The second-order valence-electron chi connectivity index (χ2n) is 6.55. The van der Waals surface area contributed by atoms with Crippen LogP contribution in [0.1, 0.15) is 21.7 Å². The van der Waals surface area contributed by atoms with Gasteiger partial charge in [-0.2, -0.15) is 0 Å². The highest BCUT2D eigenvalue weighted by Gasteiger charge is 2.20. The fraction of sp³-hybridized carbons (Fsp3) is 0.200. The first-order chi connectivity index (χ1) is 13.7. The maximum absolute atomic E-state index is 14.0. The number of carbonyl (C=O) groups excluding carboxylic acids is 2. The van der Waals surface area contributed by atoms with Gasteiger partial charge in [-0.3, -0.25) is 9.59 Å². The lowest BCUT2D eigenvalue weighted by Gasteiger charge is -2.18. The summed E-state index contributed by atoms with van der Waals surface area (Å²) < 4.78 is 14.0. The highest BCUT2D eigenvalue weighted by Crippen LogP contribution is 2.25. The molecule has 0 atom stereocenters. The highest BCUT2D eigenvalue weighted by molar-refractivity contribution is 6.42. The molecule has 9 heteroatoms. The standard InChI is InChI=1S/C20H17Cl2FN4O2/c1-10-11(2)25-19-14(6-12(23)7-17(19)24-10)20(29)27(3)9-18(28)26-13-4-5-15(21)16(22)8-13/h4-8H,9H2,1-3H3,(H,26,28). The Morgan fingerprint density at radius 1 is 1.07 bits per heavy atom. The lowest BCUT2D eigenvalue weighted by molar-refractivity contribution is -0.116. The quantitative estimate of drug-likeness (QED) is 0.659. The van der Waals surface area contributed by atoms with Gasteiger partial charge in [0.15, 0.2) is 0 Å². The van der Waals surface area contributed by atoms with Crippen LogP contribution in [0.3, 0.4) is 0 Å². The van der Waals surface area contributed by atoms with Crippen LogP contribution >= 0.6 is 23.2 Å². The minimum absolute atomic E-state index is 0.0421. The summed E-state index contributed by atoms with van der Waals surface area (Å²) >= 11 is 11.8. The van der Waals surface area contributed by atoms with Crippen molar-refractivity contribution < 1.29 is 14.0 Å². The van der Waals surface area contributed by atoms with E-state index in [1.165, 1.54) is 24.1 Å². The molecule has 2 amide bonds. The maximum atomic E-state index is 14.0. The van der Waals surface area contributed by atoms with Crippen LogP contribution in [-0.4, -0.2) is 40.3 Å². The molecule has 0 bridgehead atoms. The van der Waals surface area contributed by atoms with E-state index in [1.807, 2.05) is 0 Å². The number of halogens is 3. The van der Waals surface area contributed by atoms with Crippen molar-refractivity contribution in [3.63, 3.8) is 0 Å². The number of likely N-dealkylation sites (N-methyl/N-ethyl adjacent to an activating group) is 1. The Morgan fingerprint density at radius 3 is 2.45 bits per heavy atom. The first-order valence-electron chi connectivity index (χ1n) is 8.60. The smallest absolute Gasteiger partial charge is 0.256 e. The van der Waals surface area contributed by atoms with Crippen molar-refractivity contribution in [2.45, 2.75) is 13.8 Å². The number of aromatic nitrogens is 2. The number of benzene rings is 2. The summed E-state index contributed by atoms with van der Waals surface area (Å²) in [5.41, 5.74) is 2.34. The van der Waals surface area contributed by atoms with E-state index in [1.54, 1.807) is 26.0 Å². The Labute approximate surface area is 176 Å². The third-order valence-electron chi connectivity index (χ3n) is 4.31. The molecule has 1 N–H and O–H groups in total. The van der Waals surface area contributed by atoms with E-state index < -0.39 is 17.6 Å². The van der Waals surface area contributed by atoms with Crippen molar-refractivity contribution in [2.24, 2.45) is 0 Å². The number of fused-ring (bicyclic) bond motifs is 1. The summed E-state index contributed by atoms with van der Waals surface area (Å²) in [6.45, 7) is 3.26. The zero-order valence-electron chi connectivity index (χ0n) is 15.9. The molecular formula is C20H17Cl2FN4O2. The molecule has 0 fully saturated rings. The molecule has 1 heterocycles. The molecule has 0 saturated heterocycles. The SMILES string of the molecule is Cc1nc2cc(F)cc(C(=O)N(C)CC(=O)Nc3ccc(Cl)c(Cl)c3)c2nc1C. The van der Waals surface area contributed by atoms with Crippen LogP contribution in [0, 0.1) is 19.7 Å². The maximum Gasteiger partial charge on any atom is 0.256 e. The predicted octanol–water partition coefficient (Wildman–Crippen LogP) is 4.40. The van der Waals surface area contributed by atoms with E-state index >= 15 is 0 Å². The van der Waals surface area contributed by atoms with Gasteiger partial charge in [-0.15, -0.1) is 0 Å². The third kappa shape index (κ3) is 4.63. The number of amides is 2. The molecule has 0 spiro atoms. The first kappa shape index (κ1) is 21.0. The van der Waals surface area contributed by atoms with Crippen LogP contribution in [0.25, 0.3) is 11.0 Å². The van der Waals surface area contributed by atoms with Crippen molar-refractivity contribution in [3.8, 4) is 0 Å². The third-order valence-corrected chi connectivity index (χ3v) is 5.05. The van der Waals surface area contributed by atoms with Crippen LogP contribution in [-0.2, 0) is 4.79 Å². The Kier molecular flexibility index (Phi) is 6.00. The average Bonchev–Trinajstić information content (AvgIpc) is 2.64. The number of rotatable bonds is 4. The minimum Gasteiger partial charge on any atom is -0.332 e. The van der Waals surface area contributed by atoms with Gasteiger partial charge in [0.05, 0.1) is 39.1 Å². The molecular weight excluding hydrogens is 418 g/mol. The number of nitrogens with zero attached hydrogens (tertiary/aromatic N) is 3. The number of anilines is 1. The number of nitrogens with one attached hydrogen (secondary N) is 1. The summed E-state index contributed by atoms with van der Waals surface area (Å²) in [6.07, 6.45) is 0. The largest absolute Gasteiger partial charge is 0.332 e. The fourth-order valence-electron chi connectivity index (χ4n) is 2.73. The topological polar surface area (TPSA) is 75.2 Å². The van der Waals surface area contributed by atoms with E-state index in [0.29, 0.717) is 27.1 Å². The Hall–Kier alpha value is -2.77. The second kappa shape index (κ2) is 8.31. The normalized spacial score (nSPS) is 10.8. The van der Waals surface area contributed by atoms with E-state index in [2.05, 4.69) is 15.3 Å². The van der Waals surface area contributed by atoms with Crippen LogP contribution in [0.4, 0.5) is 10.1 Å². The highest BCUT2D eigenvalue weighted by atomic mass is 35.5. The molecule has 0 saturated carbocycles. The minimum atomic E-state index is -0.605. The number of aryl methyl sites for hydroxylation is 2. The van der Waals surface area contributed by atoms with E-state index in [0.717, 1.165) is 6.07 Å². The summed E-state index contributed by atoms with van der Waals surface area (Å²) in [5.74, 6) is -1.60. The van der Waals surface area contributed by atoms with E-state index in [-0.39, 0.29) is 23.1 Å². The van der Waals surface area contributed by atoms with Crippen LogP contribution in [0.2, 0.25) is 10.0 Å². The van der Waals surface area contributed by atoms with Crippen molar-refractivity contribution in [1.29, 1.82) is 0 Å². The number of hydrogen-bond donors (Lipinski definition) is 1. The molecule has 150 valence electrons. The molecule has 0 radical (unpaired) electrons. The monoisotopic (exact) mass is 434 g/mol. The summed E-state index contributed by atoms with van der Waals surface area (Å²) in [5, 5.41) is 3.29. The van der Waals surface area contributed by atoms with Gasteiger partial charge < -0.3 is 10.2 Å². The van der Waals surface area contributed by atoms with E-state index in [9.17, 15) is 14.0 Å². The molecule has 0 unspecified atom stereocenters. The van der Waals surface area contributed by atoms with Gasteiger partial charge in [0.25, 0.3) is 5.91 Å². The molecule has 29 heavy (non-hydrogen) atoms. The summed E-state index contributed by atoms with van der Waals surface area (Å²) in [4.78, 5) is 35.0. The van der Waals surface area contributed by atoms with Crippen LogP contribution < -0.4 is 5.32 Å². The van der Waals surface area contributed by atoms with Gasteiger partial charge in [-0.25, -0.2) is 14.4 Å². The van der Waals surface area contributed by atoms with Gasteiger partial charge >= 0.3 is 0 Å². The molecule has 0 aliphatic carbocycles. The summed E-state index contributed by atoms with van der Waals surface area (Å²) in [6, 6.07) is 6.97. The zero-order valence-corrected chi connectivity index (χ0v) is 17.4. The van der Waals surface area contributed by atoms with E-state index in [4.69, 9.17) is 23.2 Å². The molecule has 1 aromatic heterocycles. The Bertz CT molecular complexity index is 1140. The van der Waals surface area contributed by atoms with Gasteiger partial charge in [0.2, 0.25) is 5.91 Å². The van der Waals surface area contributed by atoms with Crippen molar-refractivity contribution in [1.82, 2.24) is 14.9 Å². The lowest BCUT2D eigenvalue weighted by Crippen LogP contribution is -2.35. The van der Waals surface area contributed by atoms with Gasteiger partial charge in [-0.1, -0.05) is 23.2 Å². The molecule has 2 aromatic carbocycles. The number of hydrogen-bond acceptors (Lipinski definition) is 4. The molecule has 0 aliphatic heterocycles. The molecule has 6 nitrogen and oxygen atoms in total. The Balaban J connectivity index is 1.81. The lowest BCUT2D eigenvalue weighted by atomic mass is 10.1. The molecule has 3 aromatic rings. The van der Waals surface area contributed by atoms with Crippen molar-refractivity contribution in [2.75, 3.05) is 18.9 Å². The second-order valence-corrected chi connectivity index (χ2v) is 7.37. The van der Waals surface area contributed by atoms with Crippen LogP contribution in [0.5, 0.6) is 0 Å². The van der Waals surface area contributed by atoms with Gasteiger partial charge in [0, 0.05) is 18.8 Å². The van der Waals surface area contributed by atoms with Gasteiger partial charge in [-0.05, 0) is 38.1 Å². The average molecular weight is 435 g/mol. The molecule has 3 rings (SSSR count). The number of carbonyl (C=O) groups is 2.